The van der Waals surface area contributed by atoms with Gasteiger partial charge >= 0.3 is 5.97 Å². The molecular formula is C34H40F2N2O5S. The molecule has 0 aliphatic heterocycles. The number of ether oxygens (including phenoxy) is 2. The Morgan fingerprint density at radius 1 is 1.09 bits per heavy atom. The number of aromatic nitrogens is 1. The summed E-state index contributed by atoms with van der Waals surface area (Å²) < 4.78 is 40.7. The number of unbranched alkanes of at least 4 members (excludes halogenated alkanes) is 3. The molecule has 1 amide bonds. The number of hydrogen-bond acceptors (Lipinski definition) is 6. The first-order chi connectivity index (χ1) is 21.3. The summed E-state index contributed by atoms with van der Waals surface area (Å²) >= 11 is 1.16. The van der Waals surface area contributed by atoms with Crippen LogP contribution in [0.5, 0.6) is 5.75 Å². The van der Waals surface area contributed by atoms with Gasteiger partial charge in [0.25, 0.3) is 5.91 Å². The molecular weight excluding hydrogens is 586 g/mol. The minimum absolute atomic E-state index is 0.239. The SMILES string of the molecule is COc1c(COCCCCCCC2CCCCC2)cccc1-c1csc(NC(=O)c2cc(F)c(/C=C(\C)C(=O)O)c(F)c2)n1. The number of carboxylic acid groups (broad SMARTS) is 1. The van der Waals surface area contributed by atoms with Gasteiger partial charge in [-0.25, -0.2) is 18.6 Å². The van der Waals surface area contributed by atoms with Gasteiger partial charge < -0.3 is 14.6 Å². The molecule has 7 nitrogen and oxygen atoms in total. The van der Waals surface area contributed by atoms with Gasteiger partial charge in [0.15, 0.2) is 5.13 Å². The quantitative estimate of drug-likeness (QED) is 0.129. The van der Waals surface area contributed by atoms with E-state index in [0.717, 1.165) is 53.0 Å². The van der Waals surface area contributed by atoms with Gasteiger partial charge in [-0.1, -0.05) is 69.9 Å². The molecule has 1 heterocycles. The van der Waals surface area contributed by atoms with Crippen molar-refractivity contribution in [3.63, 3.8) is 0 Å². The summed E-state index contributed by atoms with van der Waals surface area (Å²) in [5.74, 6) is -2.57. The normalized spacial score (nSPS) is 14.0. The number of carboxylic acids is 1. The zero-order valence-corrected chi connectivity index (χ0v) is 26.1. The Kier molecular flexibility index (Phi) is 12.4. The van der Waals surface area contributed by atoms with Crippen LogP contribution in [0.3, 0.4) is 0 Å². The number of amides is 1. The summed E-state index contributed by atoms with van der Waals surface area (Å²) in [6.07, 6.45) is 14.0. The first kappa shape index (κ1) is 33.3. The van der Waals surface area contributed by atoms with Crippen LogP contribution in [-0.2, 0) is 16.1 Å². The Morgan fingerprint density at radius 2 is 1.82 bits per heavy atom. The number of nitrogens with one attached hydrogen (secondary N) is 1. The molecule has 1 saturated carbocycles. The molecule has 2 aromatic carbocycles. The molecule has 236 valence electrons. The molecule has 2 N–H and O–H groups in total. The molecule has 0 spiro atoms. The second-order valence-electron chi connectivity index (χ2n) is 11.2. The van der Waals surface area contributed by atoms with Crippen LogP contribution in [0.25, 0.3) is 17.3 Å². The third-order valence-corrected chi connectivity index (χ3v) is 8.73. The molecule has 0 saturated heterocycles. The Labute approximate surface area is 261 Å². The van der Waals surface area contributed by atoms with Crippen molar-refractivity contribution in [1.29, 1.82) is 0 Å². The fourth-order valence-corrected chi connectivity index (χ4v) is 6.25. The van der Waals surface area contributed by atoms with Gasteiger partial charge in [0.05, 0.1) is 19.4 Å². The van der Waals surface area contributed by atoms with Crippen LogP contribution in [0.1, 0.15) is 92.6 Å². The monoisotopic (exact) mass is 626 g/mol. The van der Waals surface area contributed by atoms with Crippen molar-refractivity contribution in [2.24, 2.45) is 5.92 Å². The van der Waals surface area contributed by atoms with Crippen LogP contribution in [0, 0.1) is 17.6 Å². The summed E-state index contributed by atoms with van der Waals surface area (Å²) in [4.78, 5) is 28.3. The number of para-hydroxylation sites is 1. The molecule has 0 bridgehead atoms. The van der Waals surface area contributed by atoms with E-state index in [1.807, 2.05) is 18.2 Å². The van der Waals surface area contributed by atoms with E-state index >= 15 is 0 Å². The van der Waals surface area contributed by atoms with Gasteiger partial charge in [-0.15, -0.1) is 11.3 Å². The van der Waals surface area contributed by atoms with Crippen molar-refractivity contribution in [1.82, 2.24) is 4.98 Å². The van der Waals surface area contributed by atoms with E-state index in [1.165, 1.54) is 64.7 Å². The molecule has 1 fully saturated rings. The first-order valence-electron chi connectivity index (χ1n) is 15.2. The van der Waals surface area contributed by atoms with E-state index in [0.29, 0.717) is 24.7 Å². The van der Waals surface area contributed by atoms with Crippen molar-refractivity contribution in [3.05, 3.63) is 69.6 Å². The van der Waals surface area contributed by atoms with E-state index in [4.69, 9.17) is 14.6 Å². The molecule has 3 aromatic rings. The van der Waals surface area contributed by atoms with E-state index in [2.05, 4.69) is 10.3 Å². The van der Waals surface area contributed by atoms with E-state index in [1.54, 1.807) is 12.5 Å². The van der Waals surface area contributed by atoms with Crippen LogP contribution in [0.4, 0.5) is 13.9 Å². The summed E-state index contributed by atoms with van der Waals surface area (Å²) in [5.41, 5.74) is 1.16. The average Bonchev–Trinajstić information content (AvgIpc) is 3.48. The largest absolute Gasteiger partial charge is 0.496 e. The lowest BCUT2D eigenvalue weighted by molar-refractivity contribution is -0.132. The number of carbonyl (C=O) groups excluding carboxylic acids is 1. The number of halogens is 2. The first-order valence-corrected chi connectivity index (χ1v) is 16.1. The molecule has 10 heteroatoms. The summed E-state index contributed by atoms with van der Waals surface area (Å²) in [5, 5.41) is 13.6. The van der Waals surface area contributed by atoms with Gasteiger partial charge in [-0.05, 0) is 43.5 Å². The summed E-state index contributed by atoms with van der Waals surface area (Å²) in [7, 11) is 1.59. The number of methoxy groups -OCH3 is 1. The highest BCUT2D eigenvalue weighted by molar-refractivity contribution is 7.14. The maximum absolute atomic E-state index is 14.5. The predicted molar refractivity (Wildman–Crippen MR) is 169 cm³/mol. The average molecular weight is 627 g/mol. The number of carbonyl (C=O) groups is 2. The fourth-order valence-electron chi connectivity index (χ4n) is 5.55. The fraction of sp³-hybridized carbons (Fsp3) is 0.441. The smallest absolute Gasteiger partial charge is 0.331 e. The maximum atomic E-state index is 14.5. The second-order valence-corrected chi connectivity index (χ2v) is 12.1. The van der Waals surface area contributed by atoms with Crippen LogP contribution in [0.15, 0.2) is 41.3 Å². The van der Waals surface area contributed by atoms with Crippen molar-refractivity contribution >= 4 is 34.4 Å². The zero-order valence-electron chi connectivity index (χ0n) is 25.3. The molecule has 4 rings (SSSR count). The molecule has 44 heavy (non-hydrogen) atoms. The van der Waals surface area contributed by atoms with Crippen molar-refractivity contribution < 1.29 is 33.0 Å². The van der Waals surface area contributed by atoms with Gasteiger partial charge in [-0.2, -0.15) is 0 Å². The van der Waals surface area contributed by atoms with Crippen molar-refractivity contribution in [2.45, 2.75) is 77.7 Å². The molecule has 1 aliphatic rings. The third-order valence-electron chi connectivity index (χ3n) is 7.97. The Balaban J connectivity index is 1.31. The van der Waals surface area contributed by atoms with Crippen LogP contribution in [-0.4, -0.2) is 35.7 Å². The standard InChI is InChI=1S/C34H40F2N2O5S/c1-22(33(40)41)17-27-28(35)18-25(19-29(27)36)32(39)38-34-37-30(21-44-34)26-15-10-14-24(31(26)42-2)20-43-16-9-4-3-6-11-23-12-7-5-8-13-23/h10,14-15,17-19,21,23H,3-9,11-13,16,20H2,1-2H3,(H,40,41)(H,37,38,39)/b22-17+. The number of nitrogens with zero attached hydrogens (tertiary/aromatic N) is 1. The lowest BCUT2D eigenvalue weighted by atomic mass is 9.85. The molecule has 0 radical (unpaired) electrons. The second kappa shape index (κ2) is 16.4. The zero-order chi connectivity index (χ0) is 31.5. The number of thiazole rings is 1. The van der Waals surface area contributed by atoms with Crippen LogP contribution >= 0.6 is 11.3 Å². The molecule has 0 atom stereocenters. The topological polar surface area (TPSA) is 97.8 Å². The van der Waals surface area contributed by atoms with E-state index in [9.17, 15) is 18.4 Å². The minimum Gasteiger partial charge on any atom is -0.496 e. The van der Waals surface area contributed by atoms with Gasteiger partial charge in [-0.3, -0.25) is 10.1 Å². The summed E-state index contributed by atoms with van der Waals surface area (Å²) in [6, 6.07) is 7.43. The van der Waals surface area contributed by atoms with Crippen molar-refractivity contribution in [3.8, 4) is 17.0 Å². The number of anilines is 1. The highest BCUT2D eigenvalue weighted by atomic mass is 32.1. The highest BCUT2D eigenvalue weighted by Crippen LogP contribution is 2.35. The minimum atomic E-state index is -1.30. The summed E-state index contributed by atoms with van der Waals surface area (Å²) in [6.45, 7) is 2.31. The highest BCUT2D eigenvalue weighted by Gasteiger charge is 2.18. The Hall–Kier alpha value is -3.63. The van der Waals surface area contributed by atoms with E-state index in [-0.39, 0.29) is 16.3 Å². The molecule has 1 aliphatic carbocycles. The van der Waals surface area contributed by atoms with E-state index < -0.39 is 29.1 Å². The number of hydrogen-bond donors (Lipinski definition) is 2. The molecule has 1 aromatic heterocycles. The van der Waals surface area contributed by atoms with Crippen LogP contribution in [0.2, 0.25) is 0 Å². The van der Waals surface area contributed by atoms with Gasteiger partial charge in [0, 0.05) is 39.8 Å². The third kappa shape index (κ3) is 9.19. The lowest BCUT2D eigenvalue weighted by Gasteiger charge is -2.21. The van der Waals surface area contributed by atoms with Crippen LogP contribution < -0.4 is 10.1 Å². The van der Waals surface area contributed by atoms with Crippen molar-refractivity contribution in [2.75, 3.05) is 19.0 Å². The number of aliphatic carboxylic acids is 1. The maximum Gasteiger partial charge on any atom is 0.331 e. The number of benzene rings is 2. The Bertz CT molecular complexity index is 1440. The number of rotatable bonds is 15. The van der Waals surface area contributed by atoms with Gasteiger partial charge in [0.2, 0.25) is 0 Å². The lowest BCUT2D eigenvalue weighted by Crippen LogP contribution is -2.13. The Morgan fingerprint density at radius 3 is 2.52 bits per heavy atom. The van der Waals surface area contributed by atoms with Gasteiger partial charge in [0.1, 0.15) is 17.4 Å². The predicted octanol–water partition coefficient (Wildman–Crippen LogP) is 8.88. The molecule has 0 unspecified atom stereocenters.